The van der Waals surface area contributed by atoms with Crippen LogP contribution < -0.4 is 9.64 Å². The summed E-state index contributed by atoms with van der Waals surface area (Å²) in [6.45, 7) is 8.41. The molecule has 3 heteroatoms. The Morgan fingerprint density at radius 2 is 2.04 bits per heavy atom. The van der Waals surface area contributed by atoms with Gasteiger partial charge in [-0.2, -0.15) is 0 Å². The largest absolute Gasteiger partial charge is 0.508 e. The number of nitrogens with zero attached hydrogens (tertiary/aromatic N) is 1. The first kappa shape index (κ1) is 15.7. The van der Waals surface area contributed by atoms with Gasteiger partial charge in [-0.25, -0.2) is 0 Å². The fraction of sp³-hybridized carbons (Fsp3) is 0.400. The highest BCUT2D eigenvalue weighted by atomic mass is 16.5. The molecule has 0 saturated heterocycles. The number of phenols is 1. The van der Waals surface area contributed by atoms with E-state index in [4.69, 9.17) is 4.74 Å². The summed E-state index contributed by atoms with van der Waals surface area (Å²) < 4.78 is 6.19. The molecule has 0 radical (unpaired) electrons. The summed E-state index contributed by atoms with van der Waals surface area (Å²) in [7, 11) is 0. The van der Waals surface area contributed by atoms with Gasteiger partial charge in [0.05, 0.1) is 12.2 Å². The summed E-state index contributed by atoms with van der Waals surface area (Å²) in [5, 5.41) is 9.76. The Kier molecular flexibility index (Phi) is 4.46. The Balaban J connectivity index is 1.86. The third-order valence-electron chi connectivity index (χ3n) is 4.66. The van der Waals surface area contributed by atoms with E-state index in [2.05, 4.69) is 43.9 Å². The van der Waals surface area contributed by atoms with Gasteiger partial charge in [-0.1, -0.05) is 25.1 Å². The molecule has 0 fully saturated rings. The maximum absolute atomic E-state index is 9.76. The maximum atomic E-state index is 9.76. The fourth-order valence-corrected chi connectivity index (χ4v) is 3.29. The number of hydrogen-bond donors (Lipinski definition) is 1. The molecule has 23 heavy (non-hydrogen) atoms. The minimum atomic E-state index is 0.108. The molecule has 1 N–H and O–H groups in total. The lowest BCUT2D eigenvalue weighted by atomic mass is 9.97. The second-order valence-corrected chi connectivity index (χ2v) is 6.40. The highest BCUT2D eigenvalue weighted by Gasteiger charge is 2.26. The van der Waals surface area contributed by atoms with E-state index in [0.29, 0.717) is 0 Å². The van der Waals surface area contributed by atoms with Gasteiger partial charge in [-0.3, -0.25) is 0 Å². The van der Waals surface area contributed by atoms with E-state index in [1.165, 1.54) is 16.7 Å². The number of aromatic hydroxyl groups is 1. The van der Waals surface area contributed by atoms with E-state index in [1.807, 2.05) is 6.07 Å². The lowest BCUT2D eigenvalue weighted by Crippen LogP contribution is -2.41. The number of hydrogen-bond acceptors (Lipinski definition) is 3. The first-order valence-electron chi connectivity index (χ1n) is 8.38. The highest BCUT2D eigenvalue weighted by Crippen LogP contribution is 2.37. The summed E-state index contributed by atoms with van der Waals surface area (Å²) >= 11 is 0. The zero-order valence-corrected chi connectivity index (χ0v) is 14.2. The van der Waals surface area contributed by atoms with E-state index >= 15 is 0 Å². The number of rotatable bonds is 4. The molecule has 1 unspecified atom stereocenters. The van der Waals surface area contributed by atoms with Crippen LogP contribution in [0.3, 0.4) is 0 Å². The van der Waals surface area contributed by atoms with Crippen molar-refractivity contribution in [2.24, 2.45) is 0 Å². The molecule has 0 spiro atoms. The summed E-state index contributed by atoms with van der Waals surface area (Å²) in [6.07, 6.45) is 2.09. The average molecular weight is 311 g/mol. The third kappa shape index (κ3) is 3.29. The van der Waals surface area contributed by atoms with Gasteiger partial charge in [0, 0.05) is 19.0 Å². The van der Waals surface area contributed by atoms with Crippen LogP contribution in [0, 0.1) is 13.8 Å². The van der Waals surface area contributed by atoms with Gasteiger partial charge in [0.25, 0.3) is 0 Å². The molecule has 0 bridgehead atoms. The smallest absolute Gasteiger partial charge is 0.146 e. The Morgan fingerprint density at radius 3 is 2.83 bits per heavy atom. The van der Waals surface area contributed by atoms with Crippen molar-refractivity contribution in [2.45, 2.75) is 39.7 Å². The summed E-state index contributed by atoms with van der Waals surface area (Å²) in [4.78, 5) is 2.37. The number of phenolic OH excluding ortho intramolecular Hbond substituents is 1. The van der Waals surface area contributed by atoms with Gasteiger partial charge in [-0.15, -0.1) is 0 Å². The molecular weight excluding hydrogens is 286 g/mol. The van der Waals surface area contributed by atoms with Crippen LogP contribution in [0.1, 0.15) is 30.0 Å². The van der Waals surface area contributed by atoms with Gasteiger partial charge in [0.2, 0.25) is 0 Å². The maximum Gasteiger partial charge on any atom is 0.146 e. The SMILES string of the molecule is CCCN1CC(Cc2cccc(C)c2C)Oc2cc(O)ccc21. The molecule has 1 heterocycles. The van der Waals surface area contributed by atoms with Gasteiger partial charge < -0.3 is 14.7 Å². The summed E-state index contributed by atoms with van der Waals surface area (Å²) in [6, 6.07) is 11.9. The normalized spacial score (nSPS) is 16.8. The van der Waals surface area contributed by atoms with Gasteiger partial charge in [0.15, 0.2) is 0 Å². The van der Waals surface area contributed by atoms with Crippen molar-refractivity contribution < 1.29 is 9.84 Å². The molecule has 1 atom stereocenters. The second-order valence-electron chi connectivity index (χ2n) is 6.40. The predicted octanol–water partition coefficient (Wildman–Crippen LogP) is 4.23. The Bertz CT molecular complexity index is 696. The quantitative estimate of drug-likeness (QED) is 0.917. The standard InChI is InChI=1S/C20H25NO2/c1-4-10-21-13-18(11-16-7-5-6-14(2)15(16)3)23-20-12-17(22)8-9-19(20)21/h5-9,12,18,22H,4,10-11,13H2,1-3H3. The number of anilines is 1. The molecule has 2 aromatic carbocycles. The predicted molar refractivity (Wildman–Crippen MR) is 94.6 cm³/mol. The van der Waals surface area contributed by atoms with Crippen LogP contribution in [0.15, 0.2) is 36.4 Å². The van der Waals surface area contributed by atoms with Crippen molar-refractivity contribution in [3.05, 3.63) is 53.1 Å². The van der Waals surface area contributed by atoms with Crippen LogP contribution in [-0.4, -0.2) is 24.3 Å². The van der Waals surface area contributed by atoms with E-state index in [1.54, 1.807) is 12.1 Å². The van der Waals surface area contributed by atoms with Crippen LogP contribution in [0.5, 0.6) is 11.5 Å². The topological polar surface area (TPSA) is 32.7 Å². The van der Waals surface area contributed by atoms with E-state index in [-0.39, 0.29) is 11.9 Å². The Labute approximate surface area is 138 Å². The number of aryl methyl sites for hydroxylation is 1. The lowest BCUT2D eigenvalue weighted by Gasteiger charge is -2.36. The van der Waals surface area contributed by atoms with Gasteiger partial charge in [-0.05, 0) is 49.1 Å². The van der Waals surface area contributed by atoms with Gasteiger partial charge >= 0.3 is 0 Å². The van der Waals surface area contributed by atoms with Crippen LogP contribution in [0.2, 0.25) is 0 Å². The van der Waals surface area contributed by atoms with Crippen molar-refractivity contribution in [2.75, 3.05) is 18.0 Å². The van der Waals surface area contributed by atoms with E-state index in [9.17, 15) is 5.11 Å². The van der Waals surface area contributed by atoms with Crippen LogP contribution in [0.25, 0.3) is 0 Å². The fourth-order valence-electron chi connectivity index (χ4n) is 3.29. The Hall–Kier alpha value is -2.16. The number of benzene rings is 2. The van der Waals surface area contributed by atoms with Gasteiger partial charge in [0.1, 0.15) is 17.6 Å². The first-order valence-corrected chi connectivity index (χ1v) is 8.38. The summed E-state index contributed by atoms with van der Waals surface area (Å²) in [5.41, 5.74) is 5.10. The van der Waals surface area contributed by atoms with Crippen molar-refractivity contribution in [1.82, 2.24) is 0 Å². The molecule has 122 valence electrons. The third-order valence-corrected chi connectivity index (χ3v) is 4.66. The van der Waals surface area contributed by atoms with Crippen LogP contribution in [-0.2, 0) is 6.42 Å². The molecule has 1 aliphatic rings. The zero-order chi connectivity index (χ0) is 16.4. The minimum Gasteiger partial charge on any atom is -0.508 e. The summed E-state index contributed by atoms with van der Waals surface area (Å²) in [5.74, 6) is 1.05. The molecule has 1 aliphatic heterocycles. The molecule has 0 aromatic heterocycles. The second kappa shape index (κ2) is 6.53. The number of fused-ring (bicyclic) bond motifs is 1. The minimum absolute atomic E-state index is 0.108. The molecule has 3 nitrogen and oxygen atoms in total. The Morgan fingerprint density at radius 1 is 1.22 bits per heavy atom. The van der Waals surface area contributed by atoms with Crippen LogP contribution in [0.4, 0.5) is 5.69 Å². The molecule has 0 saturated carbocycles. The lowest BCUT2D eigenvalue weighted by molar-refractivity contribution is 0.192. The molecule has 0 aliphatic carbocycles. The van der Waals surface area contributed by atoms with Crippen LogP contribution >= 0.6 is 0 Å². The zero-order valence-electron chi connectivity index (χ0n) is 14.2. The average Bonchev–Trinajstić information content (AvgIpc) is 2.52. The van der Waals surface area contributed by atoms with Crippen molar-refractivity contribution in [1.29, 1.82) is 0 Å². The van der Waals surface area contributed by atoms with Crippen molar-refractivity contribution >= 4 is 5.69 Å². The molecule has 3 rings (SSSR count). The monoisotopic (exact) mass is 311 g/mol. The van der Waals surface area contributed by atoms with Crippen molar-refractivity contribution in [3.63, 3.8) is 0 Å². The molecule has 0 amide bonds. The molecule has 2 aromatic rings. The highest BCUT2D eigenvalue weighted by molar-refractivity contribution is 5.62. The number of ether oxygens (including phenoxy) is 1. The van der Waals surface area contributed by atoms with E-state index < -0.39 is 0 Å². The van der Waals surface area contributed by atoms with Crippen molar-refractivity contribution in [3.8, 4) is 11.5 Å². The first-order chi connectivity index (χ1) is 11.1. The molecular formula is C20H25NO2. The van der Waals surface area contributed by atoms with E-state index in [0.717, 1.165) is 37.4 Å².